The van der Waals surface area contributed by atoms with Gasteiger partial charge in [0.1, 0.15) is 6.33 Å². The Labute approximate surface area is 161 Å². The Morgan fingerprint density at radius 1 is 1.27 bits per heavy atom. The molecule has 5 nitrogen and oxygen atoms in total. The molecule has 26 heavy (non-hydrogen) atoms. The lowest BCUT2D eigenvalue weighted by Gasteiger charge is -2.13. The third-order valence-corrected chi connectivity index (χ3v) is 5.38. The fraction of sp³-hybridized carbons (Fsp3) is 0.211. The van der Waals surface area contributed by atoms with Crippen molar-refractivity contribution in [2.24, 2.45) is 0 Å². The summed E-state index contributed by atoms with van der Waals surface area (Å²) >= 11 is 7.57. The largest absolute Gasteiger partial charge is 0.351 e. The minimum absolute atomic E-state index is 0.0460. The minimum atomic E-state index is -0.303. The monoisotopic (exact) mass is 386 g/mol. The van der Waals surface area contributed by atoms with Crippen LogP contribution in [0.15, 0.2) is 60.0 Å². The van der Waals surface area contributed by atoms with E-state index in [-0.39, 0.29) is 11.2 Å². The third kappa shape index (κ3) is 4.45. The predicted molar refractivity (Wildman–Crippen MR) is 105 cm³/mol. The van der Waals surface area contributed by atoms with Crippen molar-refractivity contribution in [1.29, 1.82) is 0 Å². The minimum Gasteiger partial charge on any atom is -0.351 e. The lowest BCUT2D eigenvalue weighted by Crippen LogP contribution is -2.30. The molecule has 3 rings (SSSR count). The number of nitrogens with one attached hydrogen (secondary N) is 1. The first-order valence-electron chi connectivity index (χ1n) is 8.19. The molecule has 1 aromatic heterocycles. The van der Waals surface area contributed by atoms with E-state index in [1.807, 2.05) is 66.9 Å². The number of nitrogens with zero attached hydrogens (tertiary/aromatic N) is 3. The summed E-state index contributed by atoms with van der Waals surface area (Å²) in [6.07, 6.45) is 1.62. The maximum atomic E-state index is 12.4. The molecule has 1 unspecified atom stereocenters. The summed E-state index contributed by atoms with van der Waals surface area (Å²) in [5, 5.41) is 12.1. The molecule has 1 amide bonds. The van der Waals surface area contributed by atoms with Crippen molar-refractivity contribution in [3.05, 3.63) is 71.0 Å². The molecule has 1 N–H and O–H groups in total. The van der Waals surface area contributed by atoms with Crippen LogP contribution >= 0.6 is 23.4 Å². The molecular formula is C19H19ClN4OS. The van der Waals surface area contributed by atoms with Crippen molar-refractivity contribution in [2.45, 2.75) is 30.8 Å². The normalized spacial score (nSPS) is 12.0. The van der Waals surface area contributed by atoms with Gasteiger partial charge >= 0.3 is 0 Å². The summed E-state index contributed by atoms with van der Waals surface area (Å²) < 4.78 is 1.83. The van der Waals surface area contributed by atoms with Crippen LogP contribution in [-0.4, -0.2) is 25.9 Å². The molecule has 0 bridgehead atoms. The van der Waals surface area contributed by atoms with Crippen LogP contribution in [0, 0.1) is 6.92 Å². The van der Waals surface area contributed by atoms with Crippen molar-refractivity contribution in [3.8, 4) is 5.69 Å². The van der Waals surface area contributed by atoms with E-state index in [0.29, 0.717) is 16.7 Å². The molecule has 0 saturated heterocycles. The highest BCUT2D eigenvalue weighted by atomic mass is 35.5. The number of halogens is 1. The van der Waals surface area contributed by atoms with Crippen LogP contribution in [0.2, 0.25) is 5.02 Å². The molecule has 1 atom stereocenters. The highest BCUT2D eigenvalue weighted by molar-refractivity contribution is 8.00. The Hall–Kier alpha value is -2.31. The lowest BCUT2D eigenvalue weighted by molar-refractivity contribution is -0.120. The van der Waals surface area contributed by atoms with E-state index < -0.39 is 0 Å². The van der Waals surface area contributed by atoms with E-state index in [9.17, 15) is 4.79 Å². The Morgan fingerprint density at radius 3 is 2.77 bits per heavy atom. The Morgan fingerprint density at radius 2 is 2.04 bits per heavy atom. The highest BCUT2D eigenvalue weighted by Gasteiger charge is 2.18. The number of aromatic nitrogens is 3. The molecule has 0 fully saturated rings. The van der Waals surface area contributed by atoms with E-state index in [4.69, 9.17) is 11.6 Å². The summed E-state index contributed by atoms with van der Waals surface area (Å²) in [5.74, 6) is -0.0460. The molecule has 0 spiro atoms. The Balaban J connectivity index is 1.66. The first-order chi connectivity index (χ1) is 12.5. The molecule has 1 heterocycles. The van der Waals surface area contributed by atoms with Gasteiger partial charge in [0, 0.05) is 11.6 Å². The zero-order valence-corrected chi connectivity index (χ0v) is 16.1. The fourth-order valence-corrected chi connectivity index (χ4v) is 3.40. The highest BCUT2D eigenvalue weighted by Crippen LogP contribution is 2.26. The van der Waals surface area contributed by atoms with Gasteiger partial charge in [0.15, 0.2) is 5.16 Å². The van der Waals surface area contributed by atoms with E-state index in [0.717, 1.165) is 16.8 Å². The summed E-state index contributed by atoms with van der Waals surface area (Å²) in [4.78, 5) is 12.4. The molecular weight excluding hydrogens is 368 g/mol. The molecule has 3 aromatic rings. The van der Waals surface area contributed by atoms with Crippen LogP contribution in [-0.2, 0) is 11.3 Å². The first kappa shape index (κ1) is 18.5. The number of hydrogen-bond acceptors (Lipinski definition) is 4. The van der Waals surface area contributed by atoms with Crippen LogP contribution in [0.3, 0.4) is 0 Å². The predicted octanol–water partition coefficient (Wildman–Crippen LogP) is 4.03. The first-order valence-corrected chi connectivity index (χ1v) is 9.45. The van der Waals surface area contributed by atoms with Gasteiger partial charge in [-0.3, -0.25) is 9.36 Å². The van der Waals surface area contributed by atoms with Gasteiger partial charge < -0.3 is 5.32 Å². The van der Waals surface area contributed by atoms with E-state index in [1.54, 1.807) is 6.33 Å². The quantitative estimate of drug-likeness (QED) is 0.650. The molecule has 0 aliphatic heterocycles. The number of benzene rings is 2. The molecule has 7 heteroatoms. The van der Waals surface area contributed by atoms with Crippen molar-refractivity contribution >= 4 is 29.3 Å². The molecule has 0 radical (unpaired) electrons. The van der Waals surface area contributed by atoms with Crippen molar-refractivity contribution in [1.82, 2.24) is 20.1 Å². The van der Waals surface area contributed by atoms with Crippen LogP contribution < -0.4 is 5.32 Å². The smallest absolute Gasteiger partial charge is 0.233 e. The number of amides is 1. The topological polar surface area (TPSA) is 59.8 Å². The molecule has 134 valence electrons. The Bertz CT molecular complexity index is 898. The van der Waals surface area contributed by atoms with Crippen LogP contribution in [0.5, 0.6) is 0 Å². The SMILES string of the molecule is Cc1ccc(-n2cnnc2SC(C)C(=O)NCc2ccccc2)cc1Cl. The van der Waals surface area contributed by atoms with Gasteiger partial charge in [-0.05, 0) is 37.1 Å². The number of aryl methyl sites for hydroxylation is 1. The molecule has 0 aliphatic carbocycles. The van der Waals surface area contributed by atoms with E-state index in [1.165, 1.54) is 11.8 Å². The summed E-state index contributed by atoms with van der Waals surface area (Å²) in [6, 6.07) is 15.6. The van der Waals surface area contributed by atoms with Crippen LogP contribution in [0.4, 0.5) is 0 Å². The number of rotatable bonds is 6. The van der Waals surface area contributed by atoms with Gasteiger partial charge in [0.25, 0.3) is 0 Å². The van der Waals surface area contributed by atoms with Gasteiger partial charge in [-0.15, -0.1) is 10.2 Å². The standard InChI is InChI=1S/C19H19ClN4OS/c1-13-8-9-16(10-17(13)20)24-12-22-23-19(24)26-14(2)18(25)21-11-15-6-4-3-5-7-15/h3-10,12,14H,11H2,1-2H3,(H,21,25). The van der Waals surface area contributed by atoms with Gasteiger partial charge in [-0.25, -0.2) is 0 Å². The van der Waals surface area contributed by atoms with Crippen LogP contribution in [0.25, 0.3) is 5.69 Å². The average molecular weight is 387 g/mol. The zero-order valence-electron chi connectivity index (χ0n) is 14.5. The Kier molecular flexibility index (Phi) is 5.96. The van der Waals surface area contributed by atoms with Crippen LogP contribution in [0.1, 0.15) is 18.1 Å². The number of thioether (sulfide) groups is 1. The van der Waals surface area contributed by atoms with Gasteiger partial charge in [-0.2, -0.15) is 0 Å². The second-order valence-corrected chi connectivity index (χ2v) is 7.60. The maximum absolute atomic E-state index is 12.4. The van der Waals surface area contributed by atoms with Gasteiger partial charge in [-0.1, -0.05) is 59.8 Å². The second kappa shape index (κ2) is 8.38. The van der Waals surface area contributed by atoms with E-state index in [2.05, 4.69) is 15.5 Å². The van der Waals surface area contributed by atoms with E-state index >= 15 is 0 Å². The average Bonchev–Trinajstić information content (AvgIpc) is 3.11. The number of carbonyl (C=O) groups excluding carboxylic acids is 1. The molecule has 0 saturated carbocycles. The maximum Gasteiger partial charge on any atom is 0.233 e. The summed E-state index contributed by atoms with van der Waals surface area (Å²) in [5.41, 5.74) is 2.94. The lowest BCUT2D eigenvalue weighted by atomic mass is 10.2. The van der Waals surface area contributed by atoms with Crippen molar-refractivity contribution in [2.75, 3.05) is 0 Å². The summed E-state index contributed by atoms with van der Waals surface area (Å²) in [7, 11) is 0. The van der Waals surface area contributed by atoms with Crippen molar-refractivity contribution in [3.63, 3.8) is 0 Å². The number of hydrogen-bond donors (Lipinski definition) is 1. The van der Waals surface area contributed by atoms with Gasteiger partial charge in [0.2, 0.25) is 5.91 Å². The van der Waals surface area contributed by atoms with Gasteiger partial charge in [0.05, 0.1) is 10.9 Å². The second-order valence-electron chi connectivity index (χ2n) is 5.88. The summed E-state index contributed by atoms with van der Waals surface area (Å²) in [6.45, 7) is 4.31. The number of carbonyl (C=O) groups is 1. The molecule has 2 aromatic carbocycles. The van der Waals surface area contributed by atoms with Crippen molar-refractivity contribution < 1.29 is 4.79 Å². The zero-order chi connectivity index (χ0) is 18.5. The molecule has 0 aliphatic rings. The fourth-order valence-electron chi connectivity index (χ4n) is 2.35. The third-order valence-electron chi connectivity index (χ3n) is 3.91.